The first-order valence-corrected chi connectivity index (χ1v) is 19.0. The highest BCUT2D eigenvalue weighted by molar-refractivity contribution is 6.87. The molecule has 9 heteroatoms. The number of nitrogens with one attached hydrogen (secondary N) is 1. The van der Waals surface area contributed by atoms with E-state index < -0.39 is 43.6 Å². The first-order valence-electron chi connectivity index (χ1n) is 9.64. The van der Waals surface area contributed by atoms with Crippen LogP contribution in [0, 0.1) is 0 Å². The Morgan fingerprint density at radius 1 is 1.04 bits per heavy atom. The van der Waals surface area contributed by atoms with Gasteiger partial charge in [0.25, 0.3) is 0 Å². The highest BCUT2D eigenvalue weighted by Crippen LogP contribution is 2.25. The summed E-state index contributed by atoms with van der Waals surface area (Å²) in [5.74, 6) is 0. The molecule has 0 aliphatic carbocycles. The van der Waals surface area contributed by atoms with Gasteiger partial charge in [-0.25, -0.2) is 9.18 Å². The van der Waals surface area contributed by atoms with Crippen molar-refractivity contribution in [1.82, 2.24) is 5.32 Å². The summed E-state index contributed by atoms with van der Waals surface area (Å²) in [6, 6.07) is 0.833. The topological polar surface area (TPSA) is 56.8 Å². The summed E-state index contributed by atoms with van der Waals surface area (Å²) in [6.07, 6.45) is -0.379. The molecular formula is C17H40FNO4Si3. The fourth-order valence-electron chi connectivity index (χ4n) is 2.82. The van der Waals surface area contributed by atoms with Gasteiger partial charge in [-0.1, -0.05) is 6.92 Å². The fourth-order valence-corrected chi connectivity index (χ4v) is 15.4. The third kappa shape index (κ3) is 13.9. The predicted molar refractivity (Wildman–Crippen MR) is 114 cm³/mol. The number of hydrogen-bond acceptors (Lipinski definition) is 4. The summed E-state index contributed by atoms with van der Waals surface area (Å²) in [7, 11) is -5.68. The molecule has 0 saturated heterocycles. The number of alkyl carbamates (subject to hydrolysis) is 1. The van der Waals surface area contributed by atoms with Crippen LogP contribution in [-0.2, 0) is 13.0 Å². The number of amides is 1. The molecule has 0 saturated carbocycles. The minimum atomic E-state index is -2.27. The Kier molecular flexibility index (Phi) is 10.8. The molecule has 2 atom stereocenters. The van der Waals surface area contributed by atoms with E-state index in [0.29, 0.717) is 13.0 Å². The lowest BCUT2D eigenvalue weighted by Crippen LogP contribution is -2.52. The van der Waals surface area contributed by atoms with E-state index in [9.17, 15) is 9.18 Å². The molecule has 2 unspecified atom stereocenters. The standard InChI is InChI=1S/C17H40FNO4Si3/c1-10-16(18)14-15(2)21-17(20)19-12-11-13-26(9,22-24(3,4)5)23-25(6,7)8/h15-16H,10-14H2,1-9H3,(H,19,20). The molecule has 1 amide bonds. The van der Waals surface area contributed by atoms with E-state index in [1.54, 1.807) is 13.8 Å². The molecule has 0 aromatic carbocycles. The maximum atomic E-state index is 13.3. The molecule has 26 heavy (non-hydrogen) atoms. The Hall–Kier alpha value is -0.229. The summed E-state index contributed by atoms with van der Waals surface area (Å²) < 4.78 is 31.4. The van der Waals surface area contributed by atoms with Crippen LogP contribution in [-0.4, -0.2) is 50.1 Å². The molecule has 156 valence electrons. The monoisotopic (exact) mass is 425 g/mol. The third-order valence-electron chi connectivity index (χ3n) is 3.46. The smallest absolute Gasteiger partial charge is 0.407 e. The van der Waals surface area contributed by atoms with Gasteiger partial charge in [0, 0.05) is 13.0 Å². The minimum absolute atomic E-state index is 0.239. The second-order valence-corrected chi connectivity index (χ2v) is 21.9. The van der Waals surface area contributed by atoms with Gasteiger partial charge in [0.2, 0.25) is 0 Å². The number of rotatable bonds is 12. The lowest BCUT2D eigenvalue weighted by molar-refractivity contribution is 0.0854. The van der Waals surface area contributed by atoms with Crippen LogP contribution in [0.25, 0.3) is 0 Å². The van der Waals surface area contributed by atoms with Gasteiger partial charge in [0.1, 0.15) is 12.3 Å². The minimum Gasteiger partial charge on any atom is -0.446 e. The molecule has 1 N–H and O–H groups in total. The van der Waals surface area contributed by atoms with Crippen molar-refractivity contribution in [1.29, 1.82) is 0 Å². The molecule has 0 aliphatic rings. The Labute approximate surface area is 162 Å². The van der Waals surface area contributed by atoms with Crippen LogP contribution >= 0.6 is 0 Å². The zero-order chi connectivity index (χ0) is 20.6. The van der Waals surface area contributed by atoms with Gasteiger partial charge < -0.3 is 18.3 Å². The van der Waals surface area contributed by atoms with E-state index in [-0.39, 0.29) is 6.42 Å². The zero-order valence-electron chi connectivity index (χ0n) is 18.2. The Morgan fingerprint density at radius 3 is 1.96 bits per heavy atom. The number of hydrogen-bond donors (Lipinski definition) is 1. The molecule has 0 rings (SSSR count). The van der Waals surface area contributed by atoms with E-state index in [4.69, 9.17) is 13.0 Å². The molecule has 0 bridgehead atoms. The molecule has 0 fully saturated rings. The molecule has 0 spiro atoms. The maximum Gasteiger partial charge on any atom is 0.407 e. The summed E-state index contributed by atoms with van der Waals surface area (Å²) in [5, 5.41) is 2.75. The van der Waals surface area contributed by atoms with Gasteiger partial charge in [0.15, 0.2) is 16.6 Å². The van der Waals surface area contributed by atoms with Gasteiger partial charge in [-0.15, -0.1) is 0 Å². The first-order chi connectivity index (χ1) is 11.7. The van der Waals surface area contributed by atoms with Gasteiger partial charge in [0.05, 0.1) is 0 Å². The van der Waals surface area contributed by atoms with Crippen LogP contribution in [0.5, 0.6) is 0 Å². The summed E-state index contributed by atoms with van der Waals surface area (Å²) in [6.45, 7) is 19.2. The van der Waals surface area contributed by atoms with Gasteiger partial charge in [-0.3, -0.25) is 0 Å². The quantitative estimate of drug-likeness (QED) is 0.336. The van der Waals surface area contributed by atoms with Crippen LogP contribution < -0.4 is 5.32 Å². The maximum absolute atomic E-state index is 13.3. The van der Waals surface area contributed by atoms with Gasteiger partial charge >= 0.3 is 14.7 Å². The van der Waals surface area contributed by atoms with Crippen molar-refractivity contribution < 1.29 is 22.2 Å². The fraction of sp³-hybridized carbons (Fsp3) is 0.941. The Bertz CT molecular complexity index is 411. The molecule has 0 aromatic heterocycles. The molecular weight excluding hydrogens is 385 g/mol. The molecule has 0 aliphatic heterocycles. The van der Waals surface area contributed by atoms with Crippen LogP contribution in [0.3, 0.4) is 0 Å². The first kappa shape index (κ1) is 25.8. The van der Waals surface area contributed by atoms with Crippen LogP contribution in [0.4, 0.5) is 9.18 Å². The number of alkyl halides is 1. The Morgan fingerprint density at radius 2 is 1.54 bits per heavy atom. The van der Waals surface area contributed by atoms with E-state index in [2.05, 4.69) is 51.1 Å². The number of carbonyl (C=O) groups is 1. The Balaban J connectivity index is 4.39. The van der Waals surface area contributed by atoms with Crippen molar-refractivity contribution >= 4 is 31.3 Å². The van der Waals surface area contributed by atoms with Gasteiger partial charge in [-0.05, 0) is 71.6 Å². The SMILES string of the molecule is CCC(F)CC(C)OC(=O)NCCC[Si](C)(O[Si](C)(C)C)O[Si](C)(C)C. The average Bonchev–Trinajstić information content (AvgIpc) is 2.38. The van der Waals surface area contributed by atoms with Crippen LogP contribution in [0.15, 0.2) is 0 Å². The second kappa shape index (κ2) is 10.9. The molecule has 5 nitrogen and oxygen atoms in total. The average molecular weight is 426 g/mol. The van der Waals surface area contributed by atoms with Crippen LogP contribution in [0.2, 0.25) is 51.9 Å². The third-order valence-corrected chi connectivity index (χ3v) is 13.1. The van der Waals surface area contributed by atoms with Gasteiger partial charge in [-0.2, -0.15) is 0 Å². The molecule has 0 radical (unpaired) electrons. The summed E-state index contributed by atoms with van der Waals surface area (Å²) in [5.41, 5.74) is 0. The van der Waals surface area contributed by atoms with E-state index >= 15 is 0 Å². The van der Waals surface area contributed by atoms with Crippen molar-refractivity contribution in [2.24, 2.45) is 0 Å². The summed E-state index contributed by atoms with van der Waals surface area (Å²) >= 11 is 0. The molecule has 0 heterocycles. The van der Waals surface area contributed by atoms with Crippen molar-refractivity contribution in [2.75, 3.05) is 6.54 Å². The highest BCUT2D eigenvalue weighted by atomic mass is 28.5. The lowest BCUT2D eigenvalue weighted by atomic mass is 10.1. The van der Waals surface area contributed by atoms with E-state index in [1.807, 2.05) is 0 Å². The largest absolute Gasteiger partial charge is 0.446 e. The number of ether oxygens (including phenoxy) is 1. The normalized spacial score (nSPS) is 15.5. The lowest BCUT2D eigenvalue weighted by Gasteiger charge is -2.38. The van der Waals surface area contributed by atoms with Crippen LogP contribution in [0.1, 0.15) is 33.1 Å². The highest BCUT2D eigenvalue weighted by Gasteiger charge is 2.39. The summed E-state index contributed by atoms with van der Waals surface area (Å²) in [4.78, 5) is 11.8. The number of carbonyl (C=O) groups excluding carboxylic acids is 1. The van der Waals surface area contributed by atoms with Crippen molar-refractivity contribution in [3.8, 4) is 0 Å². The molecule has 0 aromatic rings. The zero-order valence-corrected chi connectivity index (χ0v) is 21.2. The van der Waals surface area contributed by atoms with E-state index in [0.717, 1.165) is 12.5 Å². The van der Waals surface area contributed by atoms with E-state index in [1.165, 1.54) is 0 Å². The second-order valence-electron chi connectivity index (χ2n) is 9.05. The van der Waals surface area contributed by atoms with Crippen molar-refractivity contribution in [3.63, 3.8) is 0 Å². The van der Waals surface area contributed by atoms with Crippen molar-refractivity contribution in [3.05, 3.63) is 0 Å². The predicted octanol–water partition coefficient (Wildman–Crippen LogP) is 5.40. The number of halogens is 1. The van der Waals surface area contributed by atoms with Crippen molar-refractivity contribution in [2.45, 2.75) is 97.3 Å².